The zero-order chi connectivity index (χ0) is 16.8. The molecule has 0 aliphatic rings. The number of methoxy groups -OCH3 is 1. The molecule has 0 heterocycles. The first-order valence-corrected chi connectivity index (χ1v) is 7.29. The largest absolute Gasteiger partial charge is 0.496 e. The molecule has 0 aliphatic carbocycles. The molecule has 1 atom stereocenters. The molecule has 1 unspecified atom stereocenters. The van der Waals surface area contributed by atoms with Crippen molar-refractivity contribution in [3.8, 4) is 5.75 Å². The van der Waals surface area contributed by atoms with Crippen molar-refractivity contribution in [2.45, 2.75) is 13.0 Å². The fraction of sp³-hybridized carbons (Fsp3) is 0.176. The lowest BCUT2D eigenvalue weighted by atomic mass is 10.2. The van der Waals surface area contributed by atoms with Crippen LogP contribution in [-0.4, -0.2) is 25.1 Å². The molecular formula is C17H16ClNO4. The molecule has 2 aromatic carbocycles. The normalized spacial score (nSPS) is 11.4. The first-order chi connectivity index (χ1) is 11.0. The van der Waals surface area contributed by atoms with E-state index in [1.54, 1.807) is 48.5 Å². The number of ether oxygens (including phenoxy) is 2. The van der Waals surface area contributed by atoms with E-state index in [0.717, 1.165) is 0 Å². The second kappa shape index (κ2) is 7.65. The molecule has 0 aliphatic heterocycles. The topological polar surface area (TPSA) is 64.6 Å². The molecule has 23 heavy (non-hydrogen) atoms. The van der Waals surface area contributed by atoms with Crippen LogP contribution >= 0.6 is 11.6 Å². The summed E-state index contributed by atoms with van der Waals surface area (Å²) in [5.74, 6) is -0.667. The van der Waals surface area contributed by atoms with Gasteiger partial charge in [0.2, 0.25) is 0 Å². The van der Waals surface area contributed by atoms with Gasteiger partial charge < -0.3 is 14.8 Å². The summed E-state index contributed by atoms with van der Waals surface area (Å²) in [5.41, 5.74) is 0.834. The van der Waals surface area contributed by atoms with E-state index in [4.69, 9.17) is 21.1 Å². The molecule has 1 N–H and O–H groups in total. The van der Waals surface area contributed by atoms with Gasteiger partial charge in [-0.05, 0) is 43.3 Å². The monoisotopic (exact) mass is 333 g/mol. The van der Waals surface area contributed by atoms with Crippen molar-refractivity contribution in [1.29, 1.82) is 0 Å². The SMILES string of the molecule is COc1ccccc1C(=O)OC(C)C(=O)Nc1ccc(Cl)cc1. The average Bonchev–Trinajstić information content (AvgIpc) is 2.56. The minimum atomic E-state index is -0.955. The highest BCUT2D eigenvalue weighted by Gasteiger charge is 2.21. The van der Waals surface area contributed by atoms with Gasteiger partial charge in [0.25, 0.3) is 5.91 Å². The van der Waals surface area contributed by atoms with Crippen LogP contribution in [0.25, 0.3) is 0 Å². The van der Waals surface area contributed by atoms with Crippen molar-refractivity contribution in [2.75, 3.05) is 12.4 Å². The van der Waals surface area contributed by atoms with E-state index in [-0.39, 0.29) is 5.56 Å². The van der Waals surface area contributed by atoms with E-state index < -0.39 is 18.0 Å². The van der Waals surface area contributed by atoms with Crippen molar-refractivity contribution >= 4 is 29.2 Å². The Bertz CT molecular complexity index is 700. The predicted octanol–water partition coefficient (Wildman–Crippen LogP) is 3.53. The van der Waals surface area contributed by atoms with Crippen molar-refractivity contribution in [2.24, 2.45) is 0 Å². The smallest absolute Gasteiger partial charge is 0.342 e. The van der Waals surface area contributed by atoms with Crippen LogP contribution in [0.2, 0.25) is 5.02 Å². The number of nitrogens with one attached hydrogen (secondary N) is 1. The number of hydrogen-bond donors (Lipinski definition) is 1. The lowest BCUT2D eigenvalue weighted by Crippen LogP contribution is -2.30. The molecule has 0 radical (unpaired) electrons. The Morgan fingerprint density at radius 1 is 1.09 bits per heavy atom. The molecule has 0 fully saturated rings. The molecule has 2 rings (SSSR count). The Balaban J connectivity index is 2.00. The molecule has 2 aromatic rings. The Morgan fingerprint density at radius 3 is 2.39 bits per heavy atom. The van der Waals surface area contributed by atoms with E-state index in [9.17, 15) is 9.59 Å². The van der Waals surface area contributed by atoms with Crippen LogP contribution in [0.15, 0.2) is 48.5 Å². The highest BCUT2D eigenvalue weighted by molar-refractivity contribution is 6.30. The van der Waals surface area contributed by atoms with Crippen LogP contribution in [0.4, 0.5) is 5.69 Å². The highest BCUT2D eigenvalue weighted by Crippen LogP contribution is 2.19. The fourth-order valence-corrected chi connectivity index (χ4v) is 1.99. The molecule has 0 spiro atoms. The Hall–Kier alpha value is -2.53. The number of esters is 1. The maximum atomic E-state index is 12.1. The second-order valence-corrected chi connectivity index (χ2v) is 5.18. The summed E-state index contributed by atoms with van der Waals surface area (Å²) in [4.78, 5) is 24.2. The van der Waals surface area contributed by atoms with E-state index in [1.165, 1.54) is 14.0 Å². The van der Waals surface area contributed by atoms with Gasteiger partial charge in [-0.2, -0.15) is 0 Å². The van der Waals surface area contributed by atoms with Crippen LogP contribution in [0.3, 0.4) is 0 Å². The number of carbonyl (C=O) groups excluding carboxylic acids is 2. The zero-order valence-electron chi connectivity index (χ0n) is 12.7. The third kappa shape index (κ3) is 4.47. The van der Waals surface area contributed by atoms with Crippen LogP contribution < -0.4 is 10.1 Å². The number of para-hydroxylation sites is 1. The lowest BCUT2D eigenvalue weighted by Gasteiger charge is -2.14. The summed E-state index contributed by atoms with van der Waals surface area (Å²) in [6.07, 6.45) is -0.955. The third-order valence-electron chi connectivity index (χ3n) is 3.09. The van der Waals surface area contributed by atoms with Crippen molar-refractivity contribution in [3.63, 3.8) is 0 Å². The number of halogens is 1. The molecule has 0 saturated carbocycles. The molecule has 5 nitrogen and oxygen atoms in total. The zero-order valence-corrected chi connectivity index (χ0v) is 13.5. The van der Waals surface area contributed by atoms with Crippen LogP contribution in [0, 0.1) is 0 Å². The summed E-state index contributed by atoms with van der Waals surface area (Å²) in [7, 11) is 1.46. The van der Waals surface area contributed by atoms with Crippen LogP contribution in [-0.2, 0) is 9.53 Å². The maximum Gasteiger partial charge on any atom is 0.342 e. The number of hydrogen-bond acceptors (Lipinski definition) is 4. The quantitative estimate of drug-likeness (QED) is 0.850. The Kier molecular flexibility index (Phi) is 5.60. The lowest BCUT2D eigenvalue weighted by molar-refractivity contribution is -0.123. The molecular weight excluding hydrogens is 318 g/mol. The first kappa shape index (κ1) is 16.8. The summed E-state index contributed by atoms with van der Waals surface area (Å²) in [6, 6.07) is 13.3. The van der Waals surface area contributed by atoms with E-state index in [1.807, 2.05) is 0 Å². The van der Waals surface area contributed by atoms with E-state index >= 15 is 0 Å². The van der Waals surface area contributed by atoms with Gasteiger partial charge in [0.1, 0.15) is 11.3 Å². The summed E-state index contributed by atoms with van der Waals surface area (Å²) in [6.45, 7) is 1.50. The van der Waals surface area contributed by atoms with Crippen molar-refractivity contribution < 1.29 is 19.1 Å². The van der Waals surface area contributed by atoms with Gasteiger partial charge >= 0.3 is 5.97 Å². The van der Waals surface area contributed by atoms with Gasteiger partial charge in [-0.3, -0.25) is 4.79 Å². The summed E-state index contributed by atoms with van der Waals surface area (Å²) >= 11 is 5.78. The summed E-state index contributed by atoms with van der Waals surface area (Å²) in [5, 5.41) is 3.22. The standard InChI is InChI=1S/C17H16ClNO4/c1-11(16(20)19-13-9-7-12(18)8-10-13)23-17(21)14-5-3-4-6-15(14)22-2/h3-11H,1-2H3,(H,19,20). The number of benzene rings is 2. The summed E-state index contributed by atoms with van der Waals surface area (Å²) < 4.78 is 10.3. The van der Waals surface area contributed by atoms with Gasteiger partial charge in [0, 0.05) is 10.7 Å². The molecule has 0 bridgehead atoms. The van der Waals surface area contributed by atoms with E-state index in [2.05, 4.69) is 5.32 Å². The number of carbonyl (C=O) groups is 2. The Labute approximate surface area is 139 Å². The Morgan fingerprint density at radius 2 is 1.74 bits per heavy atom. The second-order valence-electron chi connectivity index (χ2n) is 4.74. The van der Waals surface area contributed by atoms with Crippen molar-refractivity contribution in [3.05, 3.63) is 59.1 Å². The van der Waals surface area contributed by atoms with E-state index in [0.29, 0.717) is 16.5 Å². The minimum absolute atomic E-state index is 0.265. The first-order valence-electron chi connectivity index (χ1n) is 6.91. The number of anilines is 1. The van der Waals surface area contributed by atoms with Gasteiger partial charge in [-0.1, -0.05) is 23.7 Å². The molecule has 6 heteroatoms. The van der Waals surface area contributed by atoms with Crippen LogP contribution in [0.5, 0.6) is 5.75 Å². The van der Waals surface area contributed by atoms with Crippen molar-refractivity contribution in [1.82, 2.24) is 0 Å². The van der Waals surface area contributed by atoms with Gasteiger partial charge in [0.15, 0.2) is 6.10 Å². The minimum Gasteiger partial charge on any atom is -0.496 e. The van der Waals surface area contributed by atoms with Gasteiger partial charge in [0.05, 0.1) is 7.11 Å². The third-order valence-corrected chi connectivity index (χ3v) is 3.34. The fourth-order valence-electron chi connectivity index (χ4n) is 1.87. The predicted molar refractivity (Wildman–Crippen MR) is 88.0 cm³/mol. The highest BCUT2D eigenvalue weighted by atomic mass is 35.5. The molecule has 0 aromatic heterocycles. The average molecular weight is 334 g/mol. The number of rotatable bonds is 5. The van der Waals surface area contributed by atoms with Crippen LogP contribution in [0.1, 0.15) is 17.3 Å². The molecule has 1 amide bonds. The van der Waals surface area contributed by atoms with Gasteiger partial charge in [-0.15, -0.1) is 0 Å². The molecule has 0 saturated heterocycles. The number of amides is 1. The van der Waals surface area contributed by atoms with Gasteiger partial charge in [-0.25, -0.2) is 4.79 Å². The maximum absolute atomic E-state index is 12.1. The molecule has 120 valence electrons.